The molecule has 0 aliphatic heterocycles. The van der Waals surface area contributed by atoms with Crippen molar-refractivity contribution in [2.45, 2.75) is 19.6 Å². The molecule has 1 heterocycles. The van der Waals surface area contributed by atoms with Crippen LogP contribution >= 0.6 is 38.9 Å². The fraction of sp³-hybridized carbons (Fsp3) is 0.158. The molecule has 3 aromatic rings. The van der Waals surface area contributed by atoms with Gasteiger partial charge in [-0.3, -0.25) is 4.79 Å². The summed E-state index contributed by atoms with van der Waals surface area (Å²) >= 11 is 10.8. The maximum Gasteiger partial charge on any atom is 0.226 e. The summed E-state index contributed by atoms with van der Waals surface area (Å²) in [6.45, 7) is 0.862. The summed E-state index contributed by atoms with van der Waals surface area (Å²) < 4.78 is 6.66. The van der Waals surface area contributed by atoms with Gasteiger partial charge in [-0.2, -0.15) is 0 Å². The molecular weight excluding hydrogens is 436 g/mol. The molecule has 134 valence electrons. The minimum Gasteiger partial charge on any atom is -0.486 e. The topological polar surface area (TPSA) is 51.2 Å². The molecule has 7 heteroatoms. The van der Waals surface area contributed by atoms with E-state index < -0.39 is 0 Å². The van der Waals surface area contributed by atoms with Crippen LogP contribution in [0.25, 0.3) is 0 Å². The third-order valence-corrected chi connectivity index (χ3v) is 5.11. The molecule has 1 amide bonds. The van der Waals surface area contributed by atoms with Gasteiger partial charge in [-0.25, -0.2) is 4.98 Å². The molecule has 0 bridgehead atoms. The van der Waals surface area contributed by atoms with Crippen molar-refractivity contribution in [1.29, 1.82) is 0 Å². The van der Waals surface area contributed by atoms with Crippen molar-refractivity contribution in [2.24, 2.45) is 0 Å². The molecule has 0 spiro atoms. The molecule has 3 rings (SSSR count). The molecule has 0 saturated heterocycles. The average molecular weight is 452 g/mol. The van der Waals surface area contributed by atoms with Gasteiger partial charge in [0, 0.05) is 21.4 Å². The maximum atomic E-state index is 12.1. The smallest absolute Gasteiger partial charge is 0.226 e. The van der Waals surface area contributed by atoms with Gasteiger partial charge in [0.25, 0.3) is 0 Å². The highest BCUT2D eigenvalue weighted by Gasteiger charge is 2.08. The number of carbonyl (C=O) groups is 1. The molecule has 26 heavy (non-hydrogen) atoms. The van der Waals surface area contributed by atoms with Crippen molar-refractivity contribution < 1.29 is 9.53 Å². The van der Waals surface area contributed by atoms with Crippen LogP contribution in [0.3, 0.4) is 0 Å². The first-order valence-electron chi connectivity index (χ1n) is 7.91. The van der Waals surface area contributed by atoms with E-state index in [1.165, 1.54) is 11.3 Å². The Morgan fingerprint density at radius 3 is 2.81 bits per heavy atom. The van der Waals surface area contributed by atoms with Crippen LogP contribution < -0.4 is 10.1 Å². The molecule has 2 aromatic carbocycles. The zero-order valence-electron chi connectivity index (χ0n) is 13.7. The predicted molar refractivity (Wildman–Crippen MR) is 108 cm³/mol. The zero-order chi connectivity index (χ0) is 18.4. The Balaban J connectivity index is 1.46. The van der Waals surface area contributed by atoms with Gasteiger partial charge in [0.2, 0.25) is 5.91 Å². The Bertz CT molecular complexity index is 883. The molecule has 0 atom stereocenters. The van der Waals surface area contributed by atoms with E-state index in [-0.39, 0.29) is 12.3 Å². The van der Waals surface area contributed by atoms with Crippen molar-refractivity contribution in [3.8, 4) is 5.75 Å². The molecular formula is C19H16BrClN2O2S. The number of rotatable bonds is 7. The van der Waals surface area contributed by atoms with Crippen molar-refractivity contribution in [2.75, 3.05) is 0 Å². The number of hydrogen-bond acceptors (Lipinski definition) is 4. The monoisotopic (exact) mass is 450 g/mol. The highest BCUT2D eigenvalue weighted by Crippen LogP contribution is 2.18. The highest BCUT2D eigenvalue weighted by molar-refractivity contribution is 9.10. The highest BCUT2D eigenvalue weighted by atomic mass is 79.9. The zero-order valence-corrected chi connectivity index (χ0v) is 16.9. The third-order valence-electron chi connectivity index (χ3n) is 3.50. The second kappa shape index (κ2) is 9.16. The summed E-state index contributed by atoms with van der Waals surface area (Å²) in [6, 6.07) is 15.0. The largest absolute Gasteiger partial charge is 0.486 e. The van der Waals surface area contributed by atoms with E-state index in [0.717, 1.165) is 26.5 Å². The van der Waals surface area contributed by atoms with Crippen molar-refractivity contribution >= 4 is 44.8 Å². The van der Waals surface area contributed by atoms with E-state index in [2.05, 4.69) is 26.2 Å². The Labute approximate surface area is 169 Å². The number of halogens is 2. The summed E-state index contributed by atoms with van der Waals surface area (Å²) in [7, 11) is 0. The average Bonchev–Trinajstić information content (AvgIpc) is 3.07. The first kappa shape index (κ1) is 18.9. The minimum atomic E-state index is -0.0551. The SMILES string of the molecule is O=C(Cc1csc(COc2ccc(Cl)cc2)n1)NCc1cccc(Br)c1. The van der Waals surface area contributed by atoms with Gasteiger partial charge in [-0.1, -0.05) is 39.7 Å². The van der Waals surface area contributed by atoms with Gasteiger partial charge in [0.05, 0.1) is 12.1 Å². The van der Waals surface area contributed by atoms with E-state index >= 15 is 0 Å². The van der Waals surface area contributed by atoms with Crippen molar-refractivity contribution in [3.63, 3.8) is 0 Å². The number of benzene rings is 2. The van der Waals surface area contributed by atoms with E-state index in [1.54, 1.807) is 12.1 Å². The fourth-order valence-corrected chi connectivity index (χ4v) is 3.52. The van der Waals surface area contributed by atoms with Crippen LogP contribution in [0.1, 0.15) is 16.3 Å². The second-order valence-electron chi connectivity index (χ2n) is 5.56. The quantitative estimate of drug-likeness (QED) is 0.550. The molecule has 0 aliphatic rings. The van der Waals surface area contributed by atoms with Gasteiger partial charge in [0.15, 0.2) is 0 Å². The molecule has 1 N–H and O–H groups in total. The van der Waals surface area contributed by atoms with Crippen LogP contribution in [0.4, 0.5) is 0 Å². The standard InChI is InChI=1S/C19H16BrClN2O2S/c20-14-3-1-2-13(8-14)10-22-18(24)9-16-12-26-19(23-16)11-25-17-6-4-15(21)5-7-17/h1-8,12H,9-11H2,(H,22,24). The predicted octanol–water partition coefficient (Wildman–Crippen LogP) is 5.00. The number of hydrogen-bond donors (Lipinski definition) is 1. The lowest BCUT2D eigenvalue weighted by molar-refractivity contribution is -0.120. The van der Waals surface area contributed by atoms with Crippen LogP contribution in [-0.4, -0.2) is 10.9 Å². The van der Waals surface area contributed by atoms with Gasteiger partial charge < -0.3 is 10.1 Å². The fourth-order valence-electron chi connectivity index (χ4n) is 2.25. The summed E-state index contributed by atoms with van der Waals surface area (Å²) in [6.07, 6.45) is 0.255. The normalized spacial score (nSPS) is 10.5. The maximum absolute atomic E-state index is 12.1. The number of ether oxygens (including phenoxy) is 1. The van der Waals surface area contributed by atoms with E-state index in [0.29, 0.717) is 18.2 Å². The van der Waals surface area contributed by atoms with Crippen LogP contribution in [0.5, 0.6) is 5.75 Å². The lowest BCUT2D eigenvalue weighted by atomic mass is 10.2. The Morgan fingerprint density at radius 2 is 2.04 bits per heavy atom. The molecule has 0 aliphatic carbocycles. The number of carbonyl (C=O) groups excluding carboxylic acids is 1. The van der Waals surface area contributed by atoms with E-state index in [1.807, 2.05) is 41.8 Å². The lowest BCUT2D eigenvalue weighted by Gasteiger charge is -2.05. The molecule has 1 aromatic heterocycles. The number of amides is 1. The van der Waals surface area contributed by atoms with Crippen LogP contribution in [-0.2, 0) is 24.4 Å². The van der Waals surface area contributed by atoms with Gasteiger partial charge >= 0.3 is 0 Å². The van der Waals surface area contributed by atoms with Gasteiger partial charge in [0.1, 0.15) is 17.4 Å². The van der Waals surface area contributed by atoms with Gasteiger partial charge in [-0.05, 0) is 42.0 Å². The van der Waals surface area contributed by atoms with Crippen molar-refractivity contribution in [1.82, 2.24) is 10.3 Å². The third kappa shape index (κ3) is 5.83. The van der Waals surface area contributed by atoms with E-state index in [4.69, 9.17) is 16.3 Å². The van der Waals surface area contributed by atoms with Crippen LogP contribution in [0.15, 0.2) is 58.4 Å². The molecule has 0 radical (unpaired) electrons. The number of aromatic nitrogens is 1. The summed E-state index contributed by atoms with van der Waals surface area (Å²) in [5.41, 5.74) is 1.79. The molecule has 0 unspecified atom stereocenters. The first-order chi connectivity index (χ1) is 12.6. The molecule has 0 saturated carbocycles. The Hall–Kier alpha value is -1.89. The summed E-state index contributed by atoms with van der Waals surface area (Å²) in [5.74, 6) is 0.679. The first-order valence-corrected chi connectivity index (χ1v) is 9.96. The minimum absolute atomic E-state index is 0.0551. The lowest BCUT2D eigenvalue weighted by Crippen LogP contribution is -2.24. The van der Waals surface area contributed by atoms with Crippen molar-refractivity contribution in [3.05, 3.63) is 79.7 Å². The van der Waals surface area contributed by atoms with Gasteiger partial charge in [-0.15, -0.1) is 11.3 Å². The summed E-state index contributed by atoms with van der Waals surface area (Å²) in [5, 5.41) is 6.29. The van der Waals surface area contributed by atoms with Crippen LogP contribution in [0.2, 0.25) is 5.02 Å². The Kier molecular flexibility index (Phi) is 6.66. The van der Waals surface area contributed by atoms with E-state index in [9.17, 15) is 4.79 Å². The van der Waals surface area contributed by atoms with Crippen LogP contribution in [0, 0.1) is 0 Å². The second-order valence-corrected chi connectivity index (χ2v) is 7.85. The number of thiazole rings is 1. The number of nitrogens with one attached hydrogen (secondary N) is 1. The summed E-state index contributed by atoms with van der Waals surface area (Å²) in [4.78, 5) is 16.5. The molecule has 4 nitrogen and oxygen atoms in total. The Morgan fingerprint density at radius 1 is 1.23 bits per heavy atom. The number of nitrogens with zero attached hydrogens (tertiary/aromatic N) is 1. The molecule has 0 fully saturated rings.